The monoisotopic (exact) mass is 571 g/mol. The second kappa shape index (κ2) is 20.3. The Morgan fingerprint density at radius 3 is 2.14 bits per heavy atom. The van der Waals surface area contributed by atoms with Crippen LogP contribution in [0.3, 0.4) is 0 Å². The summed E-state index contributed by atoms with van der Waals surface area (Å²) in [4.78, 5) is 14.7. The van der Waals surface area contributed by atoms with E-state index in [-0.39, 0.29) is 11.9 Å². The molecule has 42 heavy (non-hydrogen) atoms. The maximum atomic E-state index is 12.7. The topological polar surface area (TPSA) is 46.5 Å². The van der Waals surface area contributed by atoms with Gasteiger partial charge in [-0.25, -0.2) is 0 Å². The molecule has 2 aromatic carbocycles. The number of amides is 1. The van der Waals surface area contributed by atoms with Crippen molar-refractivity contribution in [2.24, 2.45) is 0 Å². The van der Waals surface area contributed by atoms with E-state index in [1.54, 1.807) is 0 Å². The van der Waals surface area contributed by atoms with E-state index in [9.17, 15) is 4.79 Å². The Bertz CT molecular complexity index is 1280. The van der Waals surface area contributed by atoms with Gasteiger partial charge >= 0.3 is 0 Å². The normalized spacial score (nSPS) is 12.5. The van der Waals surface area contributed by atoms with Gasteiger partial charge in [0.05, 0.1) is 11.8 Å². The molecule has 0 spiro atoms. The third-order valence-corrected chi connectivity index (χ3v) is 7.20. The second-order valence-electron chi connectivity index (χ2n) is 10.7. The van der Waals surface area contributed by atoms with Crippen molar-refractivity contribution in [1.29, 1.82) is 0 Å². The molecular formula is C37H53N3O2. The van der Waals surface area contributed by atoms with Gasteiger partial charge in [0.15, 0.2) is 0 Å². The number of carbonyl (C=O) groups is 1. The lowest BCUT2D eigenvalue weighted by Gasteiger charge is -2.23. The zero-order valence-electron chi connectivity index (χ0n) is 26.6. The molecule has 0 bridgehead atoms. The summed E-state index contributed by atoms with van der Waals surface area (Å²) in [5.41, 5.74) is 2.35. The van der Waals surface area contributed by atoms with Crippen molar-refractivity contribution in [1.82, 2.24) is 14.8 Å². The number of unbranched alkanes of at least 4 members (excludes halogenated alkanes) is 5. The van der Waals surface area contributed by atoms with Gasteiger partial charge in [-0.2, -0.15) is 0 Å². The number of nitrogens with zero attached hydrogens (tertiary/aromatic N) is 2. The summed E-state index contributed by atoms with van der Waals surface area (Å²) in [6.45, 7) is 12.5. The standard InChI is InChI=1S/C35H47N3O2.C2H6/c1-29-23-26-38(33(29)22-21-30(2)40-28-32-19-13-10-14-20-32)25-16-8-6-5-7-15-24-36-35(39)34(37(3)4)27-31-17-11-9-12-18-31;1-2/h9-14,17-23,26,34H,1,5-8,15-16,24-25,27-28H2,2-4H3,(H,36,39);1-2H3/b30-21+,33-22+;. The molecule has 1 unspecified atom stereocenters. The van der Waals surface area contributed by atoms with Crippen LogP contribution in [0, 0.1) is 0 Å². The number of aromatic nitrogens is 1. The Morgan fingerprint density at radius 2 is 1.50 bits per heavy atom. The average Bonchev–Trinajstić information content (AvgIpc) is 3.37. The first-order valence-electron chi connectivity index (χ1n) is 15.6. The summed E-state index contributed by atoms with van der Waals surface area (Å²) in [5.74, 6) is 1.01. The van der Waals surface area contributed by atoms with E-state index >= 15 is 0 Å². The molecule has 228 valence electrons. The predicted octanol–water partition coefficient (Wildman–Crippen LogP) is 6.46. The Hall–Kier alpha value is -3.57. The second-order valence-corrected chi connectivity index (χ2v) is 10.7. The van der Waals surface area contributed by atoms with Crippen molar-refractivity contribution in [2.75, 3.05) is 20.6 Å². The predicted molar refractivity (Wildman–Crippen MR) is 178 cm³/mol. The lowest BCUT2D eigenvalue weighted by atomic mass is 10.0. The van der Waals surface area contributed by atoms with Gasteiger partial charge in [0.1, 0.15) is 6.61 Å². The Kier molecular flexibility index (Phi) is 16.8. The molecule has 0 aliphatic rings. The van der Waals surface area contributed by atoms with Gasteiger partial charge in [-0.1, -0.05) is 107 Å². The maximum absolute atomic E-state index is 12.7. The zero-order chi connectivity index (χ0) is 30.6. The molecule has 5 nitrogen and oxygen atoms in total. The van der Waals surface area contributed by atoms with Crippen molar-refractivity contribution in [3.8, 4) is 0 Å². The summed E-state index contributed by atoms with van der Waals surface area (Å²) >= 11 is 0. The number of nitrogens with one attached hydrogen (secondary N) is 1. The van der Waals surface area contributed by atoms with Crippen molar-refractivity contribution in [3.63, 3.8) is 0 Å². The average molecular weight is 572 g/mol. The minimum atomic E-state index is -0.140. The van der Waals surface area contributed by atoms with Crippen LogP contribution in [0.15, 0.2) is 84.8 Å². The van der Waals surface area contributed by atoms with Crippen LogP contribution >= 0.6 is 0 Å². The summed E-state index contributed by atoms with van der Waals surface area (Å²) in [5, 5.41) is 5.32. The molecule has 0 fully saturated rings. The van der Waals surface area contributed by atoms with Crippen molar-refractivity contribution in [2.45, 2.75) is 84.9 Å². The molecule has 1 amide bonds. The van der Waals surface area contributed by atoms with Crippen molar-refractivity contribution < 1.29 is 9.53 Å². The van der Waals surface area contributed by atoms with Gasteiger partial charge in [-0.15, -0.1) is 0 Å². The van der Waals surface area contributed by atoms with Gasteiger partial charge in [0.2, 0.25) is 5.91 Å². The summed E-state index contributed by atoms with van der Waals surface area (Å²) in [6.07, 6.45) is 13.9. The number of hydrogen-bond acceptors (Lipinski definition) is 3. The first kappa shape index (κ1) is 34.6. The highest BCUT2D eigenvalue weighted by molar-refractivity contribution is 5.82. The Morgan fingerprint density at radius 1 is 0.905 bits per heavy atom. The highest BCUT2D eigenvalue weighted by atomic mass is 16.5. The first-order valence-corrected chi connectivity index (χ1v) is 15.6. The largest absolute Gasteiger partial charge is 0.494 e. The van der Waals surface area contributed by atoms with Crippen LogP contribution in [0.2, 0.25) is 0 Å². The third kappa shape index (κ3) is 12.9. The smallest absolute Gasteiger partial charge is 0.237 e. The molecule has 1 N–H and O–H groups in total. The number of rotatable bonds is 17. The van der Waals surface area contributed by atoms with Crippen LogP contribution in [-0.2, 0) is 29.1 Å². The van der Waals surface area contributed by atoms with Crippen LogP contribution < -0.4 is 15.9 Å². The van der Waals surface area contributed by atoms with Gasteiger partial charge in [0, 0.05) is 24.6 Å². The quantitative estimate of drug-likeness (QED) is 0.150. The van der Waals surface area contributed by atoms with E-state index in [2.05, 4.69) is 59.1 Å². The molecule has 0 radical (unpaired) electrons. The lowest BCUT2D eigenvalue weighted by Crippen LogP contribution is -2.45. The van der Waals surface area contributed by atoms with Crippen LogP contribution in [-0.4, -0.2) is 42.1 Å². The third-order valence-electron chi connectivity index (χ3n) is 7.20. The molecule has 3 rings (SSSR count). The van der Waals surface area contributed by atoms with Crippen LogP contribution in [0.1, 0.15) is 70.4 Å². The first-order chi connectivity index (χ1) is 20.4. The number of ether oxygens (including phenoxy) is 1. The lowest BCUT2D eigenvalue weighted by molar-refractivity contribution is -0.125. The fourth-order valence-electron chi connectivity index (χ4n) is 4.73. The van der Waals surface area contributed by atoms with Gasteiger partial charge in [-0.05, 0) is 74.8 Å². The van der Waals surface area contributed by atoms with E-state index < -0.39 is 0 Å². The fourth-order valence-corrected chi connectivity index (χ4v) is 4.73. The number of benzene rings is 2. The van der Waals surface area contributed by atoms with E-state index in [0.717, 1.165) is 60.7 Å². The minimum Gasteiger partial charge on any atom is -0.494 e. The number of likely N-dealkylation sites (N-methyl/N-ethyl adjacent to an activating group) is 1. The fraction of sp³-hybridized carbons (Fsp3) is 0.432. The van der Waals surface area contributed by atoms with E-state index in [0.29, 0.717) is 6.61 Å². The molecule has 0 aliphatic carbocycles. The van der Waals surface area contributed by atoms with Crippen molar-refractivity contribution >= 4 is 18.6 Å². The molecule has 0 saturated carbocycles. The van der Waals surface area contributed by atoms with E-state index in [1.165, 1.54) is 24.8 Å². The summed E-state index contributed by atoms with van der Waals surface area (Å²) in [7, 11) is 3.94. The SMILES string of the molecule is C=c1ccn(CCCCCCCCNC(=O)C(Cc2ccccc2)N(C)C)/c1=C/C=C(\C)OCc1ccccc1.CC. The molecule has 5 heteroatoms. The number of carbonyl (C=O) groups excluding carboxylic acids is 1. The number of aryl methyl sites for hydroxylation is 1. The zero-order valence-corrected chi connectivity index (χ0v) is 26.6. The highest BCUT2D eigenvalue weighted by Gasteiger charge is 2.20. The van der Waals surface area contributed by atoms with Crippen molar-refractivity contribution in [3.05, 3.63) is 106 Å². The maximum Gasteiger partial charge on any atom is 0.237 e. The molecule has 0 saturated heterocycles. The van der Waals surface area contributed by atoms with Gasteiger partial charge < -0.3 is 14.6 Å². The molecule has 3 aromatic rings. The van der Waals surface area contributed by atoms with Crippen LogP contribution in [0.4, 0.5) is 0 Å². The molecule has 0 aliphatic heterocycles. The van der Waals surface area contributed by atoms with Gasteiger partial charge in [-0.3, -0.25) is 9.69 Å². The molecule has 1 aromatic heterocycles. The minimum absolute atomic E-state index is 0.116. The van der Waals surface area contributed by atoms with E-state index in [1.807, 2.05) is 82.2 Å². The number of allylic oxidation sites excluding steroid dienone is 2. The number of hydrogen-bond donors (Lipinski definition) is 1. The molecular weight excluding hydrogens is 518 g/mol. The van der Waals surface area contributed by atoms with Gasteiger partial charge in [0.25, 0.3) is 0 Å². The Labute approximate surface area is 254 Å². The summed E-state index contributed by atoms with van der Waals surface area (Å²) < 4.78 is 8.18. The molecule has 1 heterocycles. The summed E-state index contributed by atoms with van der Waals surface area (Å²) in [6, 6.07) is 22.4. The van der Waals surface area contributed by atoms with E-state index in [4.69, 9.17) is 4.74 Å². The van der Waals surface area contributed by atoms with Crippen LogP contribution in [0.5, 0.6) is 0 Å². The molecule has 1 atom stereocenters. The van der Waals surface area contributed by atoms with Crippen LogP contribution in [0.25, 0.3) is 12.7 Å². The Balaban J connectivity index is 0.00000301. The highest BCUT2D eigenvalue weighted by Crippen LogP contribution is 2.09.